The number of benzene rings is 2. The molecule has 1 unspecified atom stereocenters. The van der Waals surface area contributed by atoms with E-state index < -0.39 is 0 Å². The summed E-state index contributed by atoms with van der Waals surface area (Å²) in [5.41, 5.74) is 2.85. The molecule has 0 saturated heterocycles. The highest BCUT2D eigenvalue weighted by atomic mass is 79.9. The molecule has 0 spiro atoms. The maximum Gasteiger partial charge on any atom is 0.213 e. The summed E-state index contributed by atoms with van der Waals surface area (Å²) in [6.45, 7) is 0. The normalized spacial score (nSPS) is 12.8. The molecule has 0 N–H and O–H groups in total. The van der Waals surface area contributed by atoms with E-state index in [1.807, 2.05) is 54.6 Å². The van der Waals surface area contributed by atoms with Crippen molar-refractivity contribution in [2.24, 2.45) is 0 Å². The Labute approximate surface area is 107 Å². The third-order valence-electron chi connectivity index (χ3n) is 2.62. The Balaban J connectivity index is 2.04. The van der Waals surface area contributed by atoms with Gasteiger partial charge < -0.3 is 4.42 Å². The van der Waals surface area contributed by atoms with E-state index in [4.69, 9.17) is 4.42 Å². The second-order valence-corrected chi connectivity index (χ2v) is 4.71. The molecule has 0 amide bonds. The first kappa shape index (κ1) is 10.5. The molecule has 3 heteroatoms. The van der Waals surface area contributed by atoms with Crippen molar-refractivity contribution in [1.82, 2.24) is 4.98 Å². The van der Waals surface area contributed by atoms with Gasteiger partial charge in [0.1, 0.15) is 10.3 Å². The zero-order valence-corrected chi connectivity index (χ0v) is 10.6. The first-order valence-electron chi connectivity index (χ1n) is 5.39. The third kappa shape index (κ3) is 1.98. The predicted molar refractivity (Wildman–Crippen MR) is 71.2 cm³/mol. The van der Waals surface area contributed by atoms with Crippen LogP contribution in [0.2, 0.25) is 0 Å². The number of hydrogen-bond donors (Lipinski definition) is 0. The average molecular weight is 288 g/mol. The fraction of sp³-hybridized carbons (Fsp3) is 0.0714. The van der Waals surface area contributed by atoms with E-state index in [0.29, 0.717) is 5.89 Å². The lowest BCUT2D eigenvalue weighted by molar-refractivity contribution is 0.542. The van der Waals surface area contributed by atoms with Crippen molar-refractivity contribution >= 4 is 27.0 Å². The fourth-order valence-electron chi connectivity index (χ4n) is 1.76. The van der Waals surface area contributed by atoms with Crippen LogP contribution in [0.1, 0.15) is 16.3 Å². The van der Waals surface area contributed by atoms with Crippen molar-refractivity contribution in [3.8, 4) is 0 Å². The van der Waals surface area contributed by atoms with Gasteiger partial charge in [-0.25, -0.2) is 4.98 Å². The Morgan fingerprint density at radius 3 is 2.41 bits per heavy atom. The Bertz CT molecular complexity index is 600. The lowest BCUT2D eigenvalue weighted by Gasteiger charge is -2.04. The summed E-state index contributed by atoms with van der Waals surface area (Å²) in [6, 6.07) is 17.9. The summed E-state index contributed by atoms with van der Waals surface area (Å²) in [4.78, 5) is 4.47. The van der Waals surface area contributed by atoms with Crippen molar-refractivity contribution in [3.63, 3.8) is 0 Å². The smallest absolute Gasteiger partial charge is 0.213 e. The minimum atomic E-state index is -0.00361. The van der Waals surface area contributed by atoms with E-state index in [9.17, 15) is 0 Å². The number of oxazole rings is 1. The number of alkyl halides is 1. The van der Waals surface area contributed by atoms with Crippen LogP contribution in [0.4, 0.5) is 0 Å². The van der Waals surface area contributed by atoms with Crippen molar-refractivity contribution in [3.05, 3.63) is 66.1 Å². The molecule has 0 fully saturated rings. The van der Waals surface area contributed by atoms with Crippen LogP contribution in [-0.4, -0.2) is 4.98 Å². The van der Waals surface area contributed by atoms with Crippen LogP contribution < -0.4 is 0 Å². The zero-order valence-electron chi connectivity index (χ0n) is 9.01. The van der Waals surface area contributed by atoms with E-state index in [1.165, 1.54) is 0 Å². The molecule has 0 bridgehead atoms. The molecule has 0 radical (unpaired) electrons. The van der Waals surface area contributed by atoms with Crippen molar-refractivity contribution < 1.29 is 4.42 Å². The topological polar surface area (TPSA) is 26.0 Å². The second kappa shape index (κ2) is 4.34. The molecule has 3 rings (SSSR count). The molecule has 2 aromatic carbocycles. The van der Waals surface area contributed by atoms with E-state index >= 15 is 0 Å². The molecular formula is C14H10BrNO. The first-order chi connectivity index (χ1) is 8.34. The lowest BCUT2D eigenvalue weighted by atomic mass is 10.1. The van der Waals surface area contributed by atoms with Crippen LogP contribution in [-0.2, 0) is 0 Å². The summed E-state index contributed by atoms with van der Waals surface area (Å²) >= 11 is 3.62. The van der Waals surface area contributed by atoms with Crippen molar-refractivity contribution in [2.45, 2.75) is 4.83 Å². The van der Waals surface area contributed by atoms with E-state index in [2.05, 4.69) is 20.9 Å². The second-order valence-electron chi connectivity index (χ2n) is 3.79. The minimum absolute atomic E-state index is 0.00361. The quantitative estimate of drug-likeness (QED) is 0.657. The van der Waals surface area contributed by atoms with E-state index in [0.717, 1.165) is 16.7 Å². The summed E-state index contributed by atoms with van der Waals surface area (Å²) in [6.07, 6.45) is 0. The number of aromatic nitrogens is 1. The Morgan fingerprint density at radius 2 is 1.65 bits per heavy atom. The molecule has 0 saturated carbocycles. The first-order valence-corrected chi connectivity index (χ1v) is 6.30. The number of nitrogens with zero attached hydrogens (tertiary/aromatic N) is 1. The molecule has 84 valence electrons. The maximum absolute atomic E-state index is 5.73. The van der Waals surface area contributed by atoms with Crippen molar-refractivity contribution in [2.75, 3.05) is 0 Å². The number of para-hydroxylation sites is 2. The van der Waals surface area contributed by atoms with Gasteiger partial charge in [-0.3, -0.25) is 0 Å². The summed E-state index contributed by atoms with van der Waals surface area (Å²) in [5.74, 6) is 0.692. The molecule has 2 nitrogen and oxygen atoms in total. The third-order valence-corrected chi connectivity index (χ3v) is 3.54. The summed E-state index contributed by atoms with van der Waals surface area (Å²) in [5, 5.41) is 0. The van der Waals surface area contributed by atoms with Crippen LogP contribution in [0.5, 0.6) is 0 Å². The van der Waals surface area contributed by atoms with Gasteiger partial charge in [-0.15, -0.1) is 0 Å². The molecule has 0 aliphatic rings. The van der Waals surface area contributed by atoms with Crippen LogP contribution in [0.3, 0.4) is 0 Å². The van der Waals surface area contributed by atoms with Gasteiger partial charge in [0.2, 0.25) is 5.89 Å². The van der Waals surface area contributed by atoms with Gasteiger partial charge >= 0.3 is 0 Å². The fourth-order valence-corrected chi connectivity index (χ4v) is 2.26. The zero-order chi connectivity index (χ0) is 11.7. The van der Waals surface area contributed by atoms with E-state index in [-0.39, 0.29) is 4.83 Å². The van der Waals surface area contributed by atoms with Crippen LogP contribution in [0, 0.1) is 0 Å². The molecule has 0 aliphatic carbocycles. The van der Waals surface area contributed by atoms with Gasteiger partial charge in [-0.2, -0.15) is 0 Å². The molecule has 17 heavy (non-hydrogen) atoms. The van der Waals surface area contributed by atoms with Gasteiger partial charge in [0.25, 0.3) is 0 Å². The standard InChI is InChI=1S/C14H10BrNO/c15-13(10-6-2-1-3-7-10)14-16-11-8-4-5-9-12(11)17-14/h1-9,13H. The van der Waals surface area contributed by atoms with Crippen LogP contribution >= 0.6 is 15.9 Å². The number of halogens is 1. The molecular weight excluding hydrogens is 278 g/mol. The Hall–Kier alpha value is -1.61. The van der Waals surface area contributed by atoms with Gasteiger partial charge in [0.05, 0.1) is 0 Å². The highest BCUT2D eigenvalue weighted by molar-refractivity contribution is 9.09. The number of hydrogen-bond acceptors (Lipinski definition) is 2. The summed E-state index contributed by atoms with van der Waals surface area (Å²) < 4.78 is 5.73. The Morgan fingerprint density at radius 1 is 0.941 bits per heavy atom. The highest BCUT2D eigenvalue weighted by Crippen LogP contribution is 2.31. The molecule has 1 aromatic heterocycles. The molecule has 1 atom stereocenters. The predicted octanol–water partition coefficient (Wildman–Crippen LogP) is 4.31. The lowest BCUT2D eigenvalue weighted by Crippen LogP contribution is -1.91. The van der Waals surface area contributed by atoms with Gasteiger partial charge in [0.15, 0.2) is 5.58 Å². The minimum Gasteiger partial charge on any atom is -0.439 e. The van der Waals surface area contributed by atoms with Gasteiger partial charge in [-0.05, 0) is 17.7 Å². The summed E-state index contributed by atoms with van der Waals surface area (Å²) in [7, 11) is 0. The van der Waals surface area contributed by atoms with Gasteiger partial charge in [0, 0.05) is 0 Å². The van der Waals surface area contributed by atoms with E-state index in [1.54, 1.807) is 0 Å². The largest absolute Gasteiger partial charge is 0.439 e. The molecule has 1 heterocycles. The molecule has 3 aromatic rings. The SMILES string of the molecule is BrC(c1ccccc1)c1nc2ccccc2o1. The number of fused-ring (bicyclic) bond motifs is 1. The van der Waals surface area contributed by atoms with Crippen LogP contribution in [0.25, 0.3) is 11.1 Å². The van der Waals surface area contributed by atoms with Crippen molar-refractivity contribution in [1.29, 1.82) is 0 Å². The van der Waals surface area contributed by atoms with Gasteiger partial charge in [-0.1, -0.05) is 58.4 Å². The average Bonchev–Trinajstić information content (AvgIpc) is 2.82. The monoisotopic (exact) mass is 287 g/mol. The van der Waals surface area contributed by atoms with Crippen LogP contribution in [0.15, 0.2) is 59.0 Å². The maximum atomic E-state index is 5.73. The molecule has 0 aliphatic heterocycles. The number of rotatable bonds is 2. The Kier molecular flexibility index (Phi) is 2.69. The highest BCUT2D eigenvalue weighted by Gasteiger charge is 2.16.